The first kappa shape index (κ1) is 17.5. The molecule has 0 fully saturated rings. The maximum Gasteiger partial charge on any atom is 0.337 e. The van der Waals surface area contributed by atoms with Crippen LogP contribution >= 0.6 is 27.5 Å². The number of hydrogen-bond acceptors (Lipinski definition) is 2. The molecular formula is C17H15BrClNO3. The van der Waals surface area contributed by atoms with Gasteiger partial charge in [0.25, 0.3) is 0 Å². The van der Waals surface area contributed by atoms with Crippen molar-refractivity contribution in [2.75, 3.05) is 5.32 Å². The highest BCUT2D eigenvalue weighted by molar-refractivity contribution is 9.10. The Morgan fingerprint density at radius 3 is 2.61 bits per heavy atom. The molecule has 120 valence electrons. The summed E-state index contributed by atoms with van der Waals surface area (Å²) in [5.74, 6) is -1.70. The van der Waals surface area contributed by atoms with E-state index in [1.165, 1.54) is 18.2 Å². The summed E-state index contributed by atoms with van der Waals surface area (Å²) in [5, 5.41) is 12.2. The van der Waals surface area contributed by atoms with E-state index in [0.29, 0.717) is 11.4 Å². The number of carbonyl (C=O) groups is 2. The van der Waals surface area contributed by atoms with Gasteiger partial charge in [0.05, 0.1) is 11.3 Å². The van der Waals surface area contributed by atoms with Crippen LogP contribution in [-0.2, 0) is 11.2 Å². The van der Waals surface area contributed by atoms with Gasteiger partial charge in [-0.1, -0.05) is 52.7 Å². The highest BCUT2D eigenvalue weighted by Crippen LogP contribution is 2.23. The van der Waals surface area contributed by atoms with E-state index in [4.69, 9.17) is 11.6 Å². The third-order valence-corrected chi connectivity index (χ3v) is 4.41. The Kier molecular flexibility index (Phi) is 5.80. The molecular weight excluding hydrogens is 382 g/mol. The fourth-order valence-corrected chi connectivity index (χ4v) is 2.77. The molecule has 2 aromatic carbocycles. The summed E-state index contributed by atoms with van der Waals surface area (Å²) in [5.41, 5.74) is 1.23. The van der Waals surface area contributed by atoms with Crippen LogP contribution in [0.2, 0.25) is 5.02 Å². The number of amides is 1. The number of halogens is 2. The first-order chi connectivity index (χ1) is 10.9. The third kappa shape index (κ3) is 4.56. The van der Waals surface area contributed by atoms with Crippen LogP contribution in [0.25, 0.3) is 0 Å². The van der Waals surface area contributed by atoms with Crippen molar-refractivity contribution in [2.45, 2.75) is 13.3 Å². The van der Waals surface area contributed by atoms with Crippen LogP contribution in [0.5, 0.6) is 0 Å². The van der Waals surface area contributed by atoms with Gasteiger partial charge in [0.1, 0.15) is 0 Å². The van der Waals surface area contributed by atoms with E-state index >= 15 is 0 Å². The lowest BCUT2D eigenvalue weighted by atomic mass is 10.00. The number of carboxylic acids is 1. The smallest absolute Gasteiger partial charge is 0.337 e. The topological polar surface area (TPSA) is 66.4 Å². The second-order valence-electron chi connectivity index (χ2n) is 5.18. The number of hydrogen-bond donors (Lipinski definition) is 2. The summed E-state index contributed by atoms with van der Waals surface area (Å²) in [4.78, 5) is 23.6. The molecule has 0 radical (unpaired) electrons. The summed E-state index contributed by atoms with van der Waals surface area (Å²) in [6.45, 7) is 1.79. The maximum atomic E-state index is 12.4. The van der Waals surface area contributed by atoms with Crippen molar-refractivity contribution in [3.63, 3.8) is 0 Å². The van der Waals surface area contributed by atoms with E-state index in [9.17, 15) is 14.7 Å². The van der Waals surface area contributed by atoms with Crippen LogP contribution in [0, 0.1) is 5.92 Å². The van der Waals surface area contributed by atoms with E-state index in [2.05, 4.69) is 21.2 Å². The molecule has 0 bridgehead atoms. The largest absolute Gasteiger partial charge is 0.478 e. The van der Waals surface area contributed by atoms with Gasteiger partial charge in [-0.25, -0.2) is 4.79 Å². The van der Waals surface area contributed by atoms with Gasteiger partial charge < -0.3 is 10.4 Å². The van der Waals surface area contributed by atoms with Crippen molar-refractivity contribution in [2.24, 2.45) is 5.92 Å². The average molecular weight is 397 g/mol. The van der Waals surface area contributed by atoms with Crippen LogP contribution in [0.15, 0.2) is 46.9 Å². The molecule has 2 rings (SSSR count). The van der Waals surface area contributed by atoms with E-state index in [0.717, 1.165) is 10.0 Å². The molecule has 23 heavy (non-hydrogen) atoms. The second kappa shape index (κ2) is 7.62. The normalized spacial score (nSPS) is 11.8. The molecule has 4 nitrogen and oxygen atoms in total. The van der Waals surface area contributed by atoms with E-state index in [1.54, 1.807) is 6.92 Å². The SMILES string of the molecule is CC(Cc1ccccc1Br)C(=O)Nc1cc(Cl)ccc1C(=O)O. The highest BCUT2D eigenvalue weighted by atomic mass is 79.9. The molecule has 2 N–H and O–H groups in total. The Labute approximate surface area is 147 Å². The van der Waals surface area contributed by atoms with Gasteiger partial charge in [-0.3, -0.25) is 4.79 Å². The van der Waals surface area contributed by atoms with Gasteiger partial charge in [0.2, 0.25) is 5.91 Å². The van der Waals surface area contributed by atoms with Gasteiger partial charge in [-0.2, -0.15) is 0 Å². The minimum Gasteiger partial charge on any atom is -0.478 e. The minimum absolute atomic E-state index is 0.0100. The lowest BCUT2D eigenvalue weighted by Gasteiger charge is -2.15. The van der Waals surface area contributed by atoms with E-state index < -0.39 is 5.97 Å². The number of carbonyl (C=O) groups excluding carboxylic acids is 1. The average Bonchev–Trinajstić information content (AvgIpc) is 2.49. The lowest BCUT2D eigenvalue weighted by molar-refractivity contribution is -0.119. The van der Waals surface area contributed by atoms with Crippen LogP contribution in [-0.4, -0.2) is 17.0 Å². The van der Waals surface area contributed by atoms with Crippen LogP contribution in [0.3, 0.4) is 0 Å². The van der Waals surface area contributed by atoms with Crippen LogP contribution in [0.4, 0.5) is 5.69 Å². The number of rotatable bonds is 5. The Morgan fingerprint density at radius 1 is 1.26 bits per heavy atom. The lowest BCUT2D eigenvalue weighted by Crippen LogP contribution is -2.23. The van der Waals surface area contributed by atoms with Crippen LogP contribution < -0.4 is 5.32 Å². The van der Waals surface area contributed by atoms with Crippen molar-refractivity contribution < 1.29 is 14.7 Å². The zero-order valence-corrected chi connectivity index (χ0v) is 14.7. The summed E-state index contributed by atoms with van der Waals surface area (Å²) >= 11 is 9.34. The van der Waals surface area contributed by atoms with E-state index in [1.807, 2.05) is 24.3 Å². The number of aromatic carboxylic acids is 1. The molecule has 1 atom stereocenters. The molecule has 0 saturated carbocycles. The van der Waals surface area contributed by atoms with Crippen molar-refractivity contribution in [1.29, 1.82) is 0 Å². The van der Waals surface area contributed by atoms with Crippen molar-refractivity contribution in [1.82, 2.24) is 0 Å². The molecule has 0 spiro atoms. The minimum atomic E-state index is -1.12. The quantitative estimate of drug-likeness (QED) is 0.775. The fourth-order valence-electron chi connectivity index (χ4n) is 2.15. The number of benzene rings is 2. The summed E-state index contributed by atoms with van der Waals surface area (Å²) in [6.07, 6.45) is 0.538. The van der Waals surface area contributed by atoms with Crippen molar-refractivity contribution in [3.05, 3.63) is 63.1 Å². The molecule has 1 unspecified atom stereocenters. The summed E-state index contributed by atoms with van der Waals surface area (Å²) < 4.78 is 0.939. The van der Waals surface area contributed by atoms with Crippen LogP contribution in [0.1, 0.15) is 22.8 Å². The van der Waals surface area contributed by atoms with Gasteiger partial charge in [-0.15, -0.1) is 0 Å². The molecule has 0 heterocycles. The van der Waals surface area contributed by atoms with Crippen molar-refractivity contribution >= 4 is 45.1 Å². The monoisotopic (exact) mass is 395 g/mol. The summed E-state index contributed by atoms with van der Waals surface area (Å²) in [6, 6.07) is 12.0. The molecule has 2 aromatic rings. The predicted molar refractivity (Wildman–Crippen MR) is 94.1 cm³/mol. The zero-order chi connectivity index (χ0) is 17.0. The van der Waals surface area contributed by atoms with Crippen molar-refractivity contribution in [3.8, 4) is 0 Å². The molecule has 1 amide bonds. The number of carboxylic acid groups (broad SMARTS) is 1. The van der Waals surface area contributed by atoms with Gasteiger partial charge in [0, 0.05) is 15.4 Å². The first-order valence-corrected chi connectivity index (χ1v) is 8.12. The summed E-state index contributed by atoms with van der Waals surface area (Å²) in [7, 11) is 0. The van der Waals surface area contributed by atoms with Gasteiger partial charge in [0.15, 0.2) is 0 Å². The molecule has 0 aliphatic carbocycles. The van der Waals surface area contributed by atoms with E-state index in [-0.39, 0.29) is 23.1 Å². The molecule has 0 aromatic heterocycles. The Hall–Kier alpha value is -1.85. The molecule has 0 aliphatic rings. The number of anilines is 1. The Balaban J connectivity index is 2.14. The predicted octanol–water partition coefficient (Wildman–Crippen LogP) is 4.62. The molecule has 0 saturated heterocycles. The van der Waals surface area contributed by atoms with Gasteiger partial charge >= 0.3 is 5.97 Å². The fraction of sp³-hybridized carbons (Fsp3) is 0.176. The highest BCUT2D eigenvalue weighted by Gasteiger charge is 2.18. The zero-order valence-electron chi connectivity index (χ0n) is 12.3. The first-order valence-electron chi connectivity index (χ1n) is 6.95. The maximum absolute atomic E-state index is 12.4. The second-order valence-corrected chi connectivity index (χ2v) is 6.47. The Morgan fingerprint density at radius 2 is 1.96 bits per heavy atom. The van der Waals surface area contributed by atoms with Gasteiger partial charge in [-0.05, 0) is 36.2 Å². The number of nitrogens with one attached hydrogen (secondary N) is 1. The third-order valence-electron chi connectivity index (χ3n) is 3.40. The molecule has 0 aliphatic heterocycles. The standard InChI is InChI=1S/C17H15BrClNO3/c1-10(8-11-4-2-3-5-14(11)18)16(21)20-15-9-12(19)6-7-13(15)17(22)23/h2-7,9-10H,8H2,1H3,(H,20,21)(H,22,23). The Bertz CT molecular complexity index is 748. The molecule has 6 heteroatoms.